The summed E-state index contributed by atoms with van der Waals surface area (Å²) in [7, 11) is 1.47. The van der Waals surface area contributed by atoms with Crippen LogP contribution in [-0.4, -0.2) is 74.9 Å². The van der Waals surface area contributed by atoms with E-state index in [2.05, 4.69) is 26.0 Å². The molecular weight excluding hydrogens is 569 g/mol. The Kier molecular flexibility index (Phi) is 26.3. The van der Waals surface area contributed by atoms with Gasteiger partial charge in [-0.2, -0.15) is 0 Å². The zero-order chi connectivity index (χ0) is 32.2. The molecule has 1 N–H and O–H groups in total. The number of unbranched alkanes of at least 4 members (excludes halogenated alkanes) is 14. The molecule has 254 valence electrons. The number of allylic oxidation sites excluding steroid dienone is 2. The Bertz CT molecular complexity index is 768. The van der Waals surface area contributed by atoms with Crippen molar-refractivity contribution in [3.63, 3.8) is 0 Å². The van der Waals surface area contributed by atoms with Crippen molar-refractivity contribution in [1.82, 2.24) is 0 Å². The number of likely N-dealkylation sites (N-methyl/N-ethyl adjacent to an activating group) is 1. The van der Waals surface area contributed by atoms with Crippen molar-refractivity contribution < 1.29 is 42.1 Å². The third-order valence-corrected chi connectivity index (χ3v) is 8.03. The van der Waals surface area contributed by atoms with E-state index in [1.807, 2.05) is 21.1 Å². The van der Waals surface area contributed by atoms with Crippen LogP contribution < -0.4 is 0 Å². The van der Waals surface area contributed by atoms with Crippen LogP contribution in [0.15, 0.2) is 12.2 Å². The molecule has 0 saturated heterocycles. The second kappa shape index (κ2) is 27.1. The lowest BCUT2D eigenvalue weighted by molar-refractivity contribution is -0.870. The fraction of sp³-hybridized carbons (Fsp3) is 0.879. The van der Waals surface area contributed by atoms with E-state index >= 15 is 0 Å². The average molecular weight is 635 g/mol. The van der Waals surface area contributed by atoms with Gasteiger partial charge in [0.15, 0.2) is 6.10 Å². The molecule has 0 aliphatic carbocycles. The lowest BCUT2D eigenvalue weighted by Crippen LogP contribution is -2.37. The van der Waals surface area contributed by atoms with E-state index in [1.165, 1.54) is 44.9 Å². The van der Waals surface area contributed by atoms with E-state index in [1.54, 1.807) is 0 Å². The molecule has 43 heavy (non-hydrogen) atoms. The van der Waals surface area contributed by atoms with Gasteiger partial charge in [0.2, 0.25) is 0 Å². The molecule has 0 fully saturated rings. The second-order valence-corrected chi connectivity index (χ2v) is 14.0. The van der Waals surface area contributed by atoms with E-state index < -0.39 is 26.5 Å². The lowest BCUT2D eigenvalue weighted by Gasteiger charge is -2.24. The molecule has 0 bridgehead atoms. The van der Waals surface area contributed by atoms with Crippen molar-refractivity contribution >= 4 is 19.8 Å². The van der Waals surface area contributed by atoms with Crippen LogP contribution in [0, 0.1) is 0 Å². The third-order valence-electron chi connectivity index (χ3n) is 7.05. The van der Waals surface area contributed by atoms with Gasteiger partial charge in [-0.3, -0.25) is 18.6 Å². The summed E-state index contributed by atoms with van der Waals surface area (Å²) in [5.41, 5.74) is 0. The average Bonchev–Trinajstić information content (AvgIpc) is 2.94. The van der Waals surface area contributed by atoms with Crippen molar-refractivity contribution in [1.29, 1.82) is 0 Å². The van der Waals surface area contributed by atoms with Crippen molar-refractivity contribution in [2.24, 2.45) is 0 Å². The maximum absolute atomic E-state index is 12.5. The standard InChI is InChI=1S/C33H64NO8P/c1-6-8-10-12-13-14-15-16-17-18-19-20-21-22-24-26-33(36)42-31(29-39-32(35)25-23-11-9-7-2)30-41-43(37,38)40-28-27-34(3,4)5/h16-17,31H,6-15,18-30H2,1-5H3/p+1/b17-16-. The number of ether oxygens (including phenoxy) is 2. The van der Waals surface area contributed by atoms with Crippen molar-refractivity contribution in [3.8, 4) is 0 Å². The molecule has 2 unspecified atom stereocenters. The number of carbonyl (C=O) groups is 2. The summed E-state index contributed by atoms with van der Waals surface area (Å²) in [5.74, 6) is -0.829. The predicted octanol–water partition coefficient (Wildman–Crippen LogP) is 8.29. The number of quaternary nitrogens is 1. The first-order chi connectivity index (χ1) is 20.5. The molecule has 0 radical (unpaired) electrons. The molecule has 0 heterocycles. The van der Waals surface area contributed by atoms with Gasteiger partial charge < -0.3 is 18.9 Å². The molecule has 2 atom stereocenters. The topological polar surface area (TPSA) is 108 Å². The number of phosphoric acid groups is 1. The van der Waals surface area contributed by atoms with Gasteiger partial charge in [0.25, 0.3) is 0 Å². The van der Waals surface area contributed by atoms with Gasteiger partial charge in [0.05, 0.1) is 27.7 Å². The van der Waals surface area contributed by atoms with E-state index in [0.29, 0.717) is 17.4 Å². The van der Waals surface area contributed by atoms with Gasteiger partial charge in [-0.15, -0.1) is 0 Å². The maximum Gasteiger partial charge on any atom is 0.472 e. The second-order valence-electron chi connectivity index (χ2n) is 12.6. The molecule has 0 aliphatic rings. The van der Waals surface area contributed by atoms with Gasteiger partial charge in [-0.1, -0.05) is 96.6 Å². The predicted molar refractivity (Wildman–Crippen MR) is 174 cm³/mol. The minimum absolute atomic E-state index is 0.0317. The normalized spacial score (nSPS) is 14.1. The van der Waals surface area contributed by atoms with Gasteiger partial charge in [0, 0.05) is 12.8 Å². The summed E-state index contributed by atoms with van der Waals surface area (Å²) in [4.78, 5) is 34.7. The number of esters is 2. The summed E-state index contributed by atoms with van der Waals surface area (Å²) < 4.78 is 33.8. The molecule has 0 aromatic carbocycles. The highest BCUT2D eigenvalue weighted by atomic mass is 31.2. The molecule has 10 heteroatoms. The van der Waals surface area contributed by atoms with Gasteiger partial charge in [-0.25, -0.2) is 4.57 Å². The highest BCUT2D eigenvalue weighted by molar-refractivity contribution is 7.47. The fourth-order valence-corrected chi connectivity index (χ4v) is 5.04. The number of nitrogens with zero attached hydrogens (tertiary/aromatic N) is 1. The molecule has 9 nitrogen and oxygen atoms in total. The van der Waals surface area contributed by atoms with Crippen LogP contribution in [0.1, 0.15) is 136 Å². The molecular formula is C33H65NO8P+. The van der Waals surface area contributed by atoms with Crippen molar-refractivity contribution in [2.75, 3.05) is 47.5 Å². The molecule has 0 amide bonds. The number of hydrogen-bond acceptors (Lipinski definition) is 7. The largest absolute Gasteiger partial charge is 0.472 e. The SMILES string of the molecule is CCCCCCCC/C=C\CCCCCCCC(=O)OC(COC(=O)CCCCCC)COP(=O)(O)OCC[N+](C)(C)C. The quantitative estimate of drug-likeness (QED) is 0.0276. The van der Waals surface area contributed by atoms with E-state index in [0.717, 1.165) is 57.8 Å². The molecule has 0 aliphatic heterocycles. The number of phosphoric ester groups is 1. The van der Waals surface area contributed by atoms with Crippen LogP contribution >= 0.6 is 7.82 Å². The minimum Gasteiger partial charge on any atom is -0.462 e. The molecule has 0 saturated carbocycles. The summed E-state index contributed by atoms with van der Waals surface area (Å²) in [6.07, 6.45) is 23.2. The van der Waals surface area contributed by atoms with Crippen molar-refractivity contribution in [3.05, 3.63) is 12.2 Å². The minimum atomic E-state index is -4.35. The van der Waals surface area contributed by atoms with E-state index in [4.69, 9.17) is 18.5 Å². The van der Waals surface area contributed by atoms with Gasteiger partial charge >= 0.3 is 19.8 Å². The number of hydrogen-bond donors (Lipinski definition) is 1. The monoisotopic (exact) mass is 634 g/mol. The molecule has 0 aromatic rings. The van der Waals surface area contributed by atoms with Crippen LogP contribution in [0.25, 0.3) is 0 Å². The highest BCUT2D eigenvalue weighted by Gasteiger charge is 2.27. The summed E-state index contributed by atoms with van der Waals surface area (Å²) in [6.45, 7) is 4.25. The van der Waals surface area contributed by atoms with Crippen LogP contribution in [0.5, 0.6) is 0 Å². The Morgan fingerprint density at radius 2 is 1.19 bits per heavy atom. The first kappa shape index (κ1) is 41.8. The third kappa shape index (κ3) is 30.6. The van der Waals surface area contributed by atoms with Crippen molar-refractivity contribution in [2.45, 2.75) is 142 Å². The maximum atomic E-state index is 12.5. The molecule has 0 rings (SSSR count). The number of carbonyl (C=O) groups excluding carboxylic acids is 2. The Labute approximate surface area is 263 Å². The van der Waals surface area contributed by atoms with E-state index in [9.17, 15) is 19.0 Å². The summed E-state index contributed by atoms with van der Waals surface area (Å²) >= 11 is 0. The van der Waals surface area contributed by atoms with Crippen LogP contribution in [-0.2, 0) is 32.7 Å². The Balaban J connectivity index is 4.36. The molecule has 0 aromatic heterocycles. The summed E-state index contributed by atoms with van der Waals surface area (Å²) in [5, 5.41) is 0. The number of rotatable bonds is 30. The van der Waals surface area contributed by atoms with Gasteiger partial charge in [-0.05, 0) is 38.5 Å². The molecule has 0 spiro atoms. The van der Waals surface area contributed by atoms with Crippen LogP contribution in [0.3, 0.4) is 0 Å². The van der Waals surface area contributed by atoms with Crippen LogP contribution in [0.4, 0.5) is 0 Å². The summed E-state index contributed by atoms with van der Waals surface area (Å²) in [6, 6.07) is 0. The first-order valence-electron chi connectivity index (χ1n) is 16.9. The lowest BCUT2D eigenvalue weighted by atomic mass is 10.1. The highest BCUT2D eigenvalue weighted by Crippen LogP contribution is 2.43. The van der Waals surface area contributed by atoms with Crippen LogP contribution in [0.2, 0.25) is 0 Å². The first-order valence-corrected chi connectivity index (χ1v) is 18.4. The smallest absolute Gasteiger partial charge is 0.462 e. The zero-order valence-corrected chi connectivity index (χ0v) is 29.1. The fourth-order valence-electron chi connectivity index (χ4n) is 4.30. The zero-order valence-electron chi connectivity index (χ0n) is 28.2. The Hall–Kier alpha value is -1.25. The Morgan fingerprint density at radius 3 is 1.74 bits per heavy atom. The Morgan fingerprint density at radius 1 is 0.698 bits per heavy atom. The van der Waals surface area contributed by atoms with E-state index in [-0.39, 0.29) is 32.0 Å². The van der Waals surface area contributed by atoms with Gasteiger partial charge in [0.1, 0.15) is 19.8 Å².